The fraction of sp³-hybridized carbons (Fsp3) is 0.333. The zero-order chi connectivity index (χ0) is 12.7. The molecule has 92 valence electrons. The molecule has 0 radical (unpaired) electrons. The van der Waals surface area contributed by atoms with E-state index >= 15 is 0 Å². The van der Waals surface area contributed by atoms with Crippen LogP contribution in [0.1, 0.15) is 25.7 Å². The molecule has 2 N–H and O–H groups in total. The molecule has 0 spiro atoms. The van der Waals surface area contributed by atoms with Gasteiger partial charge in [-0.15, -0.1) is 0 Å². The highest BCUT2D eigenvalue weighted by molar-refractivity contribution is 6.44. The fourth-order valence-electron chi connectivity index (χ4n) is 3.18. The molecule has 0 saturated heterocycles. The molecule has 0 aromatic rings. The van der Waals surface area contributed by atoms with Gasteiger partial charge in [-0.05, 0) is 48.0 Å². The van der Waals surface area contributed by atoms with Crippen molar-refractivity contribution in [2.24, 2.45) is 0 Å². The standard InChI is InChI=1S/C15H17BO2/c1-10-6-7-11-9-15(16(17)18)13-5-3-2-4-12(13)14(11)8-10/h3,5-7,15,17-18H,1-2,4,8-9H2. The van der Waals surface area contributed by atoms with Crippen LogP contribution in [0.3, 0.4) is 0 Å². The van der Waals surface area contributed by atoms with Crippen LogP contribution in [0.5, 0.6) is 0 Å². The lowest BCUT2D eigenvalue weighted by Gasteiger charge is -2.33. The summed E-state index contributed by atoms with van der Waals surface area (Å²) in [7, 11) is -1.27. The van der Waals surface area contributed by atoms with Crippen molar-refractivity contribution in [3.8, 4) is 0 Å². The van der Waals surface area contributed by atoms with Gasteiger partial charge in [-0.3, -0.25) is 0 Å². The molecule has 1 unspecified atom stereocenters. The summed E-state index contributed by atoms with van der Waals surface area (Å²) in [6.07, 6.45) is 12.0. The van der Waals surface area contributed by atoms with Crippen LogP contribution in [0.25, 0.3) is 0 Å². The first kappa shape index (κ1) is 11.8. The summed E-state index contributed by atoms with van der Waals surface area (Å²) in [5, 5.41) is 19.2. The Labute approximate surface area is 108 Å². The van der Waals surface area contributed by atoms with E-state index in [1.165, 1.54) is 16.7 Å². The number of fused-ring (bicyclic) bond motifs is 1. The Hall–Kier alpha value is -1.32. The fourth-order valence-corrected chi connectivity index (χ4v) is 3.18. The van der Waals surface area contributed by atoms with Crippen molar-refractivity contribution in [2.45, 2.75) is 31.5 Å². The van der Waals surface area contributed by atoms with E-state index < -0.39 is 7.12 Å². The Morgan fingerprint density at radius 1 is 1.17 bits per heavy atom. The van der Waals surface area contributed by atoms with Gasteiger partial charge in [0.05, 0.1) is 0 Å². The van der Waals surface area contributed by atoms with Gasteiger partial charge < -0.3 is 10.0 Å². The molecule has 0 aromatic heterocycles. The molecule has 3 rings (SSSR count). The number of hydrogen-bond acceptors (Lipinski definition) is 2. The van der Waals surface area contributed by atoms with E-state index in [0.29, 0.717) is 0 Å². The molecule has 0 aliphatic heterocycles. The Balaban J connectivity index is 2.09. The van der Waals surface area contributed by atoms with Crippen LogP contribution >= 0.6 is 0 Å². The van der Waals surface area contributed by atoms with Crippen molar-refractivity contribution in [1.29, 1.82) is 0 Å². The van der Waals surface area contributed by atoms with Crippen molar-refractivity contribution in [3.05, 3.63) is 58.7 Å². The predicted octanol–water partition coefficient (Wildman–Crippen LogP) is 2.69. The van der Waals surface area contributed by atoms with E-state index in [-0.39, 0.29) is 5.82 Å². The second kappa shape index (κ2) is 4.41. The number of rotatable bonds is 1. The highest BCUT2D eigenvalue weighted by Crippen LogP contribution is 2.46. The van der Waals surface area contributed by atoms with Crippen molar-refractivity contribution >= 4 is 7.12 Å². The second-order valence-corrected chi connectivity index (χ2v) is 5.27. The molecule has 2 nitrogen and oxygen atoms in total. The predicted molar refractivity (Wildman–Crippen MR) is 73.9 cm³/mol. The van der Waals surface area contributed by atoms with Crippen molar-refractivity contribution in [1.82, 2.24) is 0 Å². The maximum Gasteiger partial charge on any atom is 0.459 e. The van der Waals surface area contributed by atoms with Gasteiger partial charge in [0.25, 0.3) is 0 Å². The minimum Gasteiger partial charge on any atom is -0.427 e. The summed E-state index contributed by atoms with van der Waals surface area (Å²) in [6.45, 7) is 4.04. The first-order chi connectivity index (χ1) is 8.66. The molecule has 0 aromatic carbocycles. The molecule has 3 heteroatoms. The summed E-state index contributed by atoms with van der Waals surface area (Å²) in [5.41, 5.74) is 6.21. The third-order valence-electron chi connectivity index (χ3n) is 4.08. The van der Waals surface area contributed by atoms with Gasteiger partial charge in [-0.1, -0.05) is 36.5 Å². The average molecular weight is 240 g/mol. The third-order valence-corrected chi connectivity index (χ3v) is 4.08. The normalized spacial score (nSPS) is 26.3. The van der Waals surface area contributed by atoms with Crippen molar-refractivity contribution < 1.29 is 10.0 Å². The molecule has 1 atom stereocenters. The SMILES string of the molecule is C=C1C=CC2=C(C1)C1=C(C=CCC1)C(B(O)O)C2. The molecular weight excluding hydrogens is 223 g/mol. The number of hydrogen-bond donors (Lipinski definition) is 2. The highest BCUT2D eigenvalue weighted by atomic mass is 16.4. The maximum atomic E-state index is 9.58. The second-order valence-electron chi connectivity index (χ2n) is 5.27. The van der Waals surface area contributed by atoms with Crippen LogP contribution in [0.2, 0.25) is 5.82 Å². The van der Waals surface area contributed by atoms with Crippen LogP contribution in [-0.4, -0.2) is 17.2 Å². The molecule has 3 aliphatic carbocycles. The van der Waals surface area contributed by atoms with E-state index in [0.717, 1.165) is 36.8 Å². The van der Waals surface area contributed by atoms with Crippen molar-refractivity contribution in [2.75, 3.05) is 0 Å². The van der Waals surface area contributed by atoms with E-state index in [1.54, 1.807) is 0 Å². The Morgan fingerprint density at radius 3 is 2.78 bits per heavy atom. The number of allylic oxidation sites excluding steroid dienone is 9. The molecule has 0 bridgehead atoms. The molecule has 3 aliphatic rings. The highest BCUT2D eigenvalue weighted by Gasteiger charge is 2.35. The smallest absolute Gasteiger partial charge is 0.427 e. The van der Waals surface area contributed by atoms with Crippen molar-refractivity contribution in [3.63, 3.8) is 0 Å². The van der Waals surface area contributed by atoms with Crippen LogP contribution in [0.4, 0.5) is 0 Å². The first-order valence-corrected chi connectivity index (χ1v) is 6.51. The van der Waals surface area contributed by atoms with Crippen LogP contribution in [0, 0.1) is 0 Å². The minimum atomic E-state index is -1.27. The molecule has 0 heterocycles. The molecule has 0 saturated carbocycles. The van der Waals surface area contributed by atoms with Gasteiger partial charge in [0.15, 0.2) is 0 Å². The van der Waals surface area contributed by atoms with Gasteiger partial charge in [0.1, 0.15) is 0 Å². The lowest BCUT2D eigenvalue weighted by Crippen LogP contribution is -2.27. The van der Waals surface area contributed by atoms with E-state index in [1.807, 2.05) is 6.08 Å². The van der Waals surface area contributed by atoms with E-state index in [4.69, 9.17) is 0 Å². The first-order valence-electron chi connectivity index (χ1n) is 6.51. The summed E-state index contributed by atoms with van der Waals surface area (Å²) in [4.78, 5) is 0. The molecule has 0 fully saturated rings. The molecule has 0 amide bonds. The quantitative estimate of drug-likeness (QED) is 0.692. The molecular formula is C15H17BO2. The van der Waals surface area contributed by atoms with Gasteiger partial charge in [-0.2, -0.15) is 0 Å². The Kier molecular flexibility index (Phi) is 2.88. The largest absolute Gasteiger partial charge is 0.459 e. The summed E-state index contributed by atoms with van der Waals surface area (Å²) >= 11 is 0. The Bertz CT molecular complexity index is 521. The topological polar surface area (TPSA) is 40.5 Å². The monoisotopic (exact) mass is 240 g/mol. The van der Waals surface area contributed by atoms with Gasteiger partial charge in [0, 0.05) is 5.82 Å². The molecule has 18 heavy (non-hydrogen) atoms. The minimum absolute atomic E-state index is 0.175. The van der Waals surface area contributed by atoms with Crippen LogP contribution in [-0.2, 0) is 0 Å². The summed E-state index contributed by atoms with van der Waals surface area (Å²) in [5.74, 6) is -0.175. The lowest BCUT2D eigenvalue weighted by atomic mass is 9.59. The zero-order valence-electron chi connectivity index (χ0n) is 10.4. The van der Waals surface area contributed by atoms with Gasteiger partial charge >= 0.3 is 7.12 Å². The van der Waals surface area contributed by atoms with Crippen LogP contribution in [0.15, 0.2) is 58.7 Å². The van der Waals surface area contributed by atoms with E-state index in [2.05, 4.69) is 24.8 Å². The third kappa shape index (κ3) is 1.84. The lowest BCUT2D eigenvalue weighted by molar-refractivity contribution is 0.390. The zero-order valence-corrected chi connectivity index (χ0v) is 10.4. The summed E-state index contributed by atoms with van der Waals surface area (Å²) < 4.78 is 0. The average Bonchev–Trinajstić information content (AvgIpc) is 2.37. The van der Waals surface area contributed by atoms with Crippen LogP contribution < -0.4 is 0 Å². The Morgan fingerprint density at radius 2 is 2.00 bits per heavy atom. The van der Waals surface area contributed by atoms with Gasteiger partial charge in [-0.25, -0.2) is 0 Å². The van der Waals surface area contributed by atoms with Gasteiger partial charge in [0.2, 0.25) is 0 Å². The van der Waals surface area contributed by atoms with E-state index in [9.17, 15) is 10.0 Å². The maximum absolute atomic E-state index is 9.58. The summed E-state index contributed by atoms with van der Waals surface area (Å²) in [6, 6.07) is 0.